The van der Waals surface area contributed by atoms with E-state index in [-0.39, 0.29) is 12.7 Å². The minimum atomic E-state index is -5.12. The van der Waals surface area contributed by atoms with Crippen molar-refractivity contribution in [2.75, 3.05) is 6.61 Å². The minimum Gasteiger partial charge on any atom is -0.421 e. The summed E-state index contributed by atoms with van der Waals surface area (Å²) >= 11 is 0. The number of esters is 1. The Bertz CT molecular complexity index is 765. The number of hydrogen-bond donors (Lipinski definition) is 2. The van der Waals surface area contributed by atoms with Crippen LogP contribution in [0.3, 0.4) is 0 Å². The average Bonchev–Trinajstić information content (AvgIpc) is 3.07. The van der Waals surface area contributed by atoms with E-state index in [4.69, 9.17) is 9.47 Å². The van der Waals surface area contributed by atoms with Gasteiger partial charge in [0.1, 0.15) is 6.61 Å². The van der Waals surface area contributed by atoms with Crippen molar-refractivity contribution in [3.63, 3.8) is 0 Å². The summed E-state index contributed by atoms with van der Waals surface area (Å²) in [5.74, 6) is -4.12. The van der Waals surface area contributed by atoms with E-state index in [0.717, 1.165) is 11.1 Å². The fourth-order valence-corrected chi connectivity index (χ4v) is 3.25. The van der Waals surface area contributed by atoms with Gasteiger partial charge in [0.25, 0.3) is 0 Å². The van der Waals surface area contributed by atoms with E-state index in [2.05, 4.69) is 10.6 Å². The van der Waals surface area contributed by atoms with Crippen molar-refractivity contribution in [3.8, 4) is 0 Å². The Morgan fingerprint density at radius 3 is 1.79 bits per heavy atom. The molecule has 0 amide bonds. The van der Waals surface area contributed by atoms with Gasteiger partial charge in [0.05, 0.1) is 18.2 Å². The highest BCUT2D eigenvalue weighted by Crippen LogP contribution is 2.38. The molecule has 0 radical (unpaired) electrons. The van der Waals surface area contributed by atoms with Crippen molar-refractivity contribution >= 4 is 5.97 Å². The van der Waals surface area contributed by atoms with E-state index >= 15 is 0 Å². The molecule has 3 rings (SSSR count). The number of ether oxygens (including phenoxy) is 2. The van der Waals surface area contributed by atoms with Gasteiger partial charge < -0.3 is 9.47 Å². The van der Waals surface area contributed by atoms with Gasteiger partial charge in [0.15, 0.2) is 0 Å². The lowest BCUT2D eigenvalue weighted by Crippen LogP contribution is -2.58. The van der Waals surface area contributed by atoms with Crippen LogP contribution in [-0.4, -0.2) is 30.7 Å². The molecule has 0 spiro atoms. The van der Waals surface area contributed by atoms with Crippen molar-refractivity contribution in [2.24, 2.45) is 0 Å². The van der Waals surface area contributed by atoms with Crippen LogP contribution in [0.2, 0.25) is 0 Å². The maximum atomic E-state index is 12.9. The maximum absolute atomic E-state index is 12.9. The average molecular weight is 408 g/mol. The highest BCUT2D eigenvalue weighted by atomic mass is 19.4. The summed E-state index contributed by atoms with van der Waals surface area (Å²) in [5, 5.41) is 6.10. The summed E-state index contributed by atoms with van der Waals surface area (Å²) in [6.07, 6.45) is -5.40. The van der Waals surface area contributed by atoms with Crippen molar-refractivity contribution in [2.45, 2.75) is 44.1 Å². The van der Waals surface area contributed by atoms with E-state index in [9.17, 15) is 18.0 Å². The molecule has 1 heterocycles. The van der Waals surface area contributed by atoms with E-state index < -0.39 is 30.1 Å². The van der Waals surface area contributed by atoms with Gasteiger partial charge >= 0.3 is 12.1 Å². The molecule has 156 valence electrons. The number of benzene rings is 2. The first-order chi connectivity index (χ1) is 13.7. The van der Waals surface area contributed by atoms with Crippen LogP contribution in [-0.2, 0) is 14.3 Å². The molecule has 0 aliphatic carbocycles. The molecular weight excluding hydrogens is 385 g/mol. The zero-order chi connectivity index (χ0) is 21.1. The third-order valence-corrected chi connectivity index (χ3v) is 4.55. The number of hydrogen-bond acceptors (Lipinski definition) is 5. The molecule has 1 aliphatic rings. The zero-order valence-electron chi connectivity index (χ0n) is 16.1. The van der Waals surface area contributed by atoms with Crippen molar-refractivity contribution in [1.82, 2.24) is 10.6 Å². The SMILES string of the molecule is CC(C)OCC1(OC(=O)C(F)(F)F)NC(c2ccccc2)C(c2ccccc2)N1. The molecule has 0 aromatic heterocycles. The van der Waals surface area contributed by atoms with Gasteiger partial charge in [-0.3, -0.25) is 10.6 Å². The predicted molar refractivity (Wildman–Crippen MR) is 101 cm³/mol. The number of alkyl halides is 3. The highest BCUT2D eigenvalue weighted by Gasteiger charge is 2.53. The second-order valence-corrected chi connectivity index (χ2v) is 7.14. The van der Waals surface area contributed by atoms with E-state index in [1.165, 1.54) is 0 Å². The molecule has 1 aliphatic heterocycles. The Hall–Kier alpha value is -2.42. The molecule has 0 saturated carbocycles. The summed E-state index contributed by atoms with van der Waals surface area (Å²) in [6, 6.07) is 17.6. The molecule has 8 heteroatoms. The molecule has 29 heavy (non-hydrogen) atoms. The van der Waals surface area contributed by atoms with Gasteiger partial charge in [-0.25, -0.2) is 4.79 Å². The highest BCUT2D eigenvalue weighted by molar-refractivity contribution is 5.76. The quantitative estimate of drug-likeness (QED) is 0.712. The lowest BCUT2D eigenvalue weighted by atomic mass is 9.95. The van der Waals surface area contributed by atoms with Crippen LogP contribution < -0.4 is 10.6 Å². The van der Waals surface area contributed by atoms with Crippen LogP contribution in [0.15, 0.2) is 60.7 Å². The van der Waals surface area contributed by atoms with Gasteiger partial charge in [-0.05, 0) is 25.0 Å². The summed E-state index contributed by atoms with van der Waals surface area (Å²) in [6.45, 7) is 3.20. The Kier molecular flexibility index (Phi) is 6.26. The molecular formula is C21H23F3N2O3. The molecule has 2 aromatic carbocycles. The number of carbonyl (C=O) groups is 1. The number of rotatable bonds is 6. The fourth-order valence-electron chi connectivity index (χ4n) is 3.25. The Morgan fingerprint density at radius 2 is 1.41 bits per heavy atom. The molecule has 1 fully saturated rings. The number of carbonyl (C=O) groups excluding carboxylic acids is 1. The van der Waals surface area contributed by atoms with Crippen molar-refractivity contribution in [1.29, 1.82) is 0 Å². The minimum absolute atomic E-state index is 0.272. The normalized spacial score (nSPS) is 24.6. The first kappa shape index (κ1) is 21.3. The molecule has 5 nitrogen and oxygen atoms in total. The van der Waals surface area contributed by atoms with Gasteiger partial charge in [-0.2, -0.15) is 13.2 Å². The van der Waals surface area contributed by atoms with E-state index in [1.807, 2.05) is 60.7 Å². The van der Waals surface area contributed by atoms with E-state index in [1.54, 1.807) is 13.8 Å². The van der Waals surface area contributed by atoms with Gasteiger partial charge in [-0.15, -0.1) is 0 Å². The van der Waals surface area contributed by atoms with Gasteiger partial charge in [0, 0.05) is 0 Å². The van der Waals surface area contributed by atoms with Crippen LogP contribution in [0.5, 0.6) is 0 Å². The topological polar surface area (TPSA) is 59.6 Å². The third kappa shape index (κ3) is 5.14. The standard InChI is InChI=1S/C21H23F3N2O3/c1-14(2)28-13-20(29-19(27)21(22,23)24)25-17(15-9-5-3-6-10-15)18(26-20)16-11-7-4-8-12-16/h3-12,14,17-18,25-26H,13H2,1-2H3. The van der Waals surface area contributed by atoms with Crippen molar-refractivity contribution in [3.05, 3.63) is 71.8 Å². The second kappa shape index (κ2) is 8.52. The van der Waals surface area contributed by atoms with Crippen LogP contribution in [0.25, 0.3) is 0 Å². The monoisotopic (exact) mass is 408 g/mol. The molecule has 1 saturated heterocycles. The van der Waals surface area contributed by atoms with E-state index in [0.29, 0.717) is 0 Å². The first-order valence-electron chi connectivity index (χ1n) is 9.27. The third-order valence-electron chi connectivity index (χ3n) is 4.55. The summed E-state index contributed by atoms with van der Waals surface area (Å²) in [5.41, 5.74) is 1.67. The Balaban J connectivity index is 1.98. The van der Waals surface area contributed by atoms with Crippen LogP contribution in [0.1, 0.15) is 37.1 Å². The summed E-state index contributed by atoms with van der Waals surface area (Å²) < 4.78 is 49.3. The smallest absolute Gasteiger partial charge is 0.421 e. The fraction of sp³-hybridized carbons (Fsp3) is 0.381. The summed E-state index contributed by atoms with van der Waals surface area (Å²) in [4.78, 5) is 11.7. The largest absolute Gasteiger partial charge is 0.491 e. The lowest BCUT2D eigenvalue weighted by Gasteiger charge is -2.31. The van der Waals surface area contributed by atoms with Crippen LogP contribution >= 0.6 is 0 Å². The van der Waals surface area contributed by atoms with Gasteiger partial charge in [-0.1, -0.05) is 60.7 Å². The summed E-state index contributed by atoms with van der Waals surface area (Å²) in [7, 11) is 0. The molecule has 2 N–H and O–H groups in total. The lowest BCUT2D eigenvalue weighted by molar-refractivity contribution is -0.225. The number of halogens is 3. The Morgan fingerprint density at radius 1 is 0.966 bits per heavy atom. The zero-order valence-corrected chi connectivity index (χ0v) is 16.1. The Labute approximate surface area is 167 Å². The first-order valence-corrected chi connectivity index (χ1v) is 9.27. The maximum Gasteiger partial charge on any atom is 0.491 e. The predicted octanol–water partition coefficient (Wildman–Crippen LogP) is 3.85. The molecule has 2 aromatic rings. The molecule has 2 atom stereocenters. The molecule has 2 unspecified atom stereocenters. The van der Waals surface area contributed by atoms with Gasteiger partial charge in [0.2, 0.25) is 5.85 Å². The second-order valence-electron chi connectivity index (χ2n) is 7.14. The van der Waals surface area contributed by atoms with Crippen molar-refractivity contribution < 1.29 is 27.4 Å². The number of nitrogens with one attached hydrogen (secondary N) is 2. The van der Waals surface area contributed by atoms with Crippen LogP contribution in [0.4, 0.5) is 13.2 Å². The van der Waals surface area contributed by atoms with Crippen LogP contribution in [0, 0.1) is 0 Å². The molecule has 0 bridgehead atoms.